The molecule has 2 aromatic carbocycles. The number of hydrogen-bond donors (Lipinski definition) is 0. The number of cyclic esters (lactones) is 1. The second-order valence-electron chi connectivity index (χ2n) is 5.67. The molecule has 3 nitrogen and oxygen atoms in total. The van der Waals surface area contributed by atoms with E-state index in [1.54, 1.807) is 18.2 Å². The summed E-state index contributed by atoms with van der Waals surface area (Å²) in [7, 11) is 0. The van der Waals surface area contributed by atoms with E-state index in [2.05, 4.69) is 18.8 Å². The molecule has 0 amide bonds. The van der Waals surface area contributed by atoms with Gasteiger partial charge in [0.2, 0.25) is 5.90 Å². The van der Waals surface area contributed by atoms with Gasteiger partial charge in [0.25, 0.3) is 0 Å². The number of halogens is 1. The second-order valence-corrected chi connectivity index (χ2v) is 5.67. The molecule has 4 heteroatoms. The number of ether oxygens (including phenoxy) is 1. The average molecular weight is 309 g/mol. The van der Waals surface area contributed by atoms with Crippen LogP contribution in [0.3, 0.4) is 0 Å². The Labute approximate surface area is 134 Å². The minimum absolute atomic E-state index is 0.125. The van der Waals surface area contributed by atoms with Gasteiger partial charge < -0.3 is 4.74 Å². The van der Waals surface area contributed by atoms with Crippen LogP contribution in [0, 0.1) is 5.82 Å². The lowest BCUT2D eigenvalue weighted by Gasteiger charge is -2.04. The van der Waals surface area contributed by atoms with Crippen LogP contribution in [0.15, 0.2) is 59.2 Å². The van der Waals surface area contributed by atoms with Crippen molar-refractivity contribution >= 4 is 17.9 Å². The number of esters is 1. The highest BCUT2D eigenvalue weighted by Crippen LogP contribution is 2.21. The van der Waals surface area contributed by atoms with Crippen LogP contribution in [0.4, 0.5) is 4.39 Å². The standard InChI is InChI=1S/C19H16FNO2/c1-12(2)14-8-6-13(7-9-14)10-17-19(22)23-18(21-17)15-4-3-5-16(20)11-15/h3-12H,1-2H3/b17-10+. The summed E-state index contributed by atoms with van der Waals surface area (Å²) in [4.78, 5) is 16.1. The van der Waals surface area contributed by atoms with E-state index in [0.717, 1.165) is 5.56 Å². The Morgan fingerprint density at radius 2 is 1.87 bits per heavy atom. The van der Waals surface area contributed by atoms with Crippen LogP contribution in [0.2, 0.25) is 0 Å². The fourth-order valence-electron chi connectivity index (χ4n) is 2.29. The normalized spacial score (nSPS) is 15.9. The summed E-state index contributed by atoms with van der Waals surface area (Å²) >= 11 is 0. The number of hydrogen-bond acceptors (Lipinski definition) is 3. The molecule has 0 atom stereocenters. The van der Waals surface area contributed by atoms with Gasteiger partial charge in [0.1, 0.15) is 5.82 Å². The van der Waals surface area contributed by atoms with Crippen molar-refractivity contribution in [2.24, 2.45) is 4.99 Å². The third-order valence-corrected chi connectivity index (χ3v) is 3.60. The maximum absolute atomic E-state index is 13.3. The van der Waals surface area contributed by atoms with Crippen molar-refractivity contribution in [2.45, 2.75) is 19.8 Å². The molecule has 0 fully saturated rings. The molecule has 3 rings (SSSR count). The van der Waals surface area contributed by atoms with Crippen LogP contribution in [-0.2, 0) is 9.53 Å². The number of carbonyl (C=O) groups excluding carboxylic acids is 1. The van der Waals surface area contributed by atoms with Gasteiger partial charge in [0.15, 0.2) is 5.70 Å². The second kappa shape index (κ2) is 6.16. The third-order valence-electron chi connectivity index (χ3n) is 3.60. The molecule has 0 saturated heterocycles. The highest BCUT2D eigenvalue weighted by Gasteiger charge is 2.24. The molecule has 0 aromatic heterocycles. The Hall–Kier alpha value is -2.75. The molecule has 0 unspecified atom stereocenters. The number of carbonyl (C=O) groups is 1. The van der Waals surface area contributed by atoms with E-state index >= 15 is 0 Å². The quantitative estimate of drug-likeness (QED) is 0.626. The van der Waals surface area contributed by atoms with E-state index in [0.29, 0.717) is 11.5 Å². The van der Waals surface area contributed by atoms with E-state index in [1.165, 1.54) is 17.7 Å². The fraction of sp³-hybridized carbons (Fsp3) is 0.158. The molecule has 1 aliphatic heterocycles. The van der Waals surface area contributed by atoms with Crippen molar-refractivity contribution in [3.63, 3.8) is 0 Å². The Balaban J connectivity index is 1.88. The van der Waals surface area contributed by atoms with Crippen molar-refractivity contribution < 1.29 is 13.9 Å². The van der Waals surface area contributed by atoms with E-state index in [4.69, 9.17) is 4.74 Å². The molecule has 2 aromatic rings. The van der Waals surface area contributed by atoms with Gasteiger partial charge in [-0.3, -0.25) is 0 Å². The third kappa shape index (κ3) is 3.37. The highest BCUT2D eigenvalue weighted by atomic mass is 19.1. The van der Waals surface area contributed by atoms with E-state index in [-0.39, 0.29) is 11.6 Å². The predicted molar refractivity (Wildman–Crippen MR) is 87.5 cm³/mol. The van der Waals surface area contributed by atoms with Crippen molar-refractivity contribution in [1.29, 1.82) is 0 Å². The number of rotatable bonds is 3. The molecule has 0 bridgehead atoms. The smallest absolute Gasteiger partial charge is 0.363 e. The SMILES string of the molecule is CC(C)c1ccc(/C=C2/N=C(c3cccc(F)c3)OC2=O)cc1. The molecule has 116 valence electrons. The number of benzene rings is 2. The lowest BCUT2D eigenvalue weighted by molar-refractivity contribution is -0.129. The molecular weight excluding hydrogens is 293 g/mol. The molecule has 0 saturated carbocycles. The molecule has 0 spiro atoms. The summed E-state index contributed by atoms with van der Waals surface area (Å²) in [6, 6.07) is 13.7. The summed E-state index contributed by atoms with van der Waals surface area (Å²) in [5, 5.41) is 0. The van der Waals surface area contributed by atoms with Gasteiger partial charge in [0.05, 0.1) is 0 Å². The van der Waals surface area contributed by atoms with Crippen molar-refractivity contribution in [2.75, 3.05) is 0 Å². The molecule has 1 aliphatic rings. The zero-order valence-corrected chi connectivity index (χ0v) is 12.9. The maximum Gasteiger partial charge on any atom is 0.363 e. The first-order valence-corrected chi connectivity index (χ1v) is 7.41. The molecule has 0 aliphatic carbocycles. The lowest BCUT2D eigenvalue weighted by Crippen LogP contribution is -2.05. The zero-order valence-electron chi connectivity index (χ0n) is 12.9. The Morgan fingerprint density at radius 1 is 1.13 bits per heavy atom. The molecule has 0 radical (unpaired) electrons. The minimum atomic E-state index is -0.530. The van der Waals surface area contributed by atoms with Gasteiger partial charge in [0, 0.05) is 5.56 Å². The minimum Gasteiger partial charge on any atom is -0.402 e. The van der Waals surface area contributed by atoms with Crippen LogP contribution < -0.4 is 0 Å². The van der Waals surface area contributed by atoms with Gasteiger partial charge in [-0.1, -0.05) is 44.2 Å². The van der Waals surface area contributed by atoms with Crippen LogP contribution >= 0.6 is 0 Å². The van der Waals surface area contributed by atoms with E-state index in [1.807, 2.05) is 24.3 Å². The van der Waals surface area contributed by atoms with Crippen LogP contribution in [0.1, 0.15) is 36.5 Å². The lowest BCUT2D eigenvalue weighted by atomic mass is 10.0. The number of aliphatic imine (C=N–C) groups is 1. The monoisotopic (exact) mass is 309 g/mol. The molecule has 23 heavy (non-hydrogen) atoms. The predicted octanol–water partition coefficient (Wildman–Crippen LogP) is 4.29. The first-order valence-electron chi connectivity index (χ1n) is 7.41. The Kier molecular flexibility index (Phi) is 4.06. The summed E-state index contributed by atoms with van der Waals surface area (Å²) < 4.78 is 18.4. The topological polar surface area (TPSA) is 38.7 Å². The Bertz CT molecular complexity index is 804. The largest absolute Gasteiger partial charge is 0.402 e. The average Bonchev–Trinajstić information content (AvgIpc) is 2.89. The van der Waals surface area contributed by atoms with Crippen molar-refractivity contribution in [3.05, 3.63) is 76.7 Å². The van der Waals surface area contributed by atoms with Crippen molar-refractivity contribution in [1.82, 2.24) is 0 Å². The van der Waals surface area contributed by atoms with Crippen LogP contribution in [0.5, 0.6) is 0 Å². The number of nitrogens with zero attached hydrogens (tertiary/aromatic N) is 1. The van der Waals surface area contributed by atoms with Crippen LogP contribution in [0.25, 0.3) is 6.08 Å². The highest BCUT2D eigenvalue weighted by molar-refractivity contribution is 6.12. The van der Waals surface area contributed by atoms with Gasteiger partial charge in [-0.2, -0.15) is 0 Å². The fourth-order valence-corrected chi connectivity index (χ4v) is 2.29. The van der Waals surface area contributed by atoms with Gasteiger partial charge in [-0.15, -0.1) is 0 Å². The van der Waals surface area contributed by atoms with E-state index < -0.39 is 11.8 Å². The van der Waals surface area contributed by atoms with Gasteiger partial charge >= 0.3 is 5.97 Å². The molecule has 0 N–H and O–H groups in total. The Morgan fingerprint density at radius 3 is 2.52 bits per heavy atom. The molecular formula is C19H16FNO2. The van der Waals surface area contributed by atoms with Gasteiger partial charge in [-0.25, -0.2) is 14.2 Å². The van der Waals surface area contributed by atoms with Crippen LogP contribution in [-0.4, -0.2) is 11.9 Å². The summed E-state index contributed by atoms with van der Waals surface area (Å²) in [6.45, 7) is 4.24. The summed E-state index contributed by atoms with van der Waals surface area (Å²) in [5.41, 5.74) is 2.74. The van der Waals surface area contributed by atoms with Gasteiger partial charge in [-0.05, 0) is 41.3 Å². The zero-order chi connectivity index (χ0) is 16.4. The maximum atomic E-state index is 13.3. The van der Waals surface area contributed by atoms with Crippen molar-refractivity contribution in [3.8, 4) is 0 Å². The van der Waals surface area contributed by atoms with E-state index in [9.17, 15) is 9.18 Å². The summed E-state index contributed by atoms with van der Waals surface area (Å²) in [5.74, 6) is -0.356. The first kappa shape index (κ1) is 15.2. The molecule has 1 heterocycles. The summed E-state index contributed by atoms with van der Waals surface area (Å²) in [6.07, 6.45) is 1.67. The first-order chi connectivity index (χ1) is 11.0.